The molecule has 5 heteroatoms. The third kappa shape index (κ3) is 4.63. The molecule has 2 rings (SSSR count). The fourth-order valence-electron chi connectivity index (χ4n) is 2.17. The number of rotatable bonds is 5. The molecule has 0 amide bonds. The van der Waals surface area contributed by atoms with E-state index in [1.807, 2.05) is 0 Å². The van der Waals surface area contributed by atoms with Gasteiger partial charge in [-0.15, -0.1) is 10.2 Å². The highest BCUT2D eigenvalue weighted by molar-refractivity contribution is 7.99. The second-order valence-electron chi connectivity index (χ2n) is 6.50. The van der Waals surface area contributed by atoms with Gasteiger partial charge in [-0.1, -0.05) is 30.3 Å². The fourth-order valence-corrected chi connectivity index (χ4v) is 3.06. The summed E-state index contributed by atoms with van der Waals surface area (Å²) in [7, 11) is 0. The minimum absolute atomic E-state index is 0.138. The number of aryl methyl sites for hydroxylation is 1. The standard InChI is InChI=1S/C15H26N4S/c1-12(10-16-15(2,3)4)11-20-14-18-17-13-8-6-5-7-9-19(13)14/h16H,1,5-11H2,2-4H3. The van der Waals surface area contributed by atoms with Gasteiger partial charge in [0, 0.05) is 30.8 Å². The Hall–Kier alpha value is -0.810. The van der Waals surface area contributed by atoms with E-state index in [4.69, 9.17) is 0 Å². The Morgan fingerprint density at radius 2 is 2.10 bits per heavy atom. The van der Waals surface area contributed by atoms with Crippen molar-refractivity contribution in [1.82, 2.24) is 20.1 Å². The lowest BCUT2D eigenvalue weighted by atomic mass is 10.1. The molecule has 1 aromatic rings. The van der Waals surface area contributed by atoms with E-state index in [0.717, 1.165) is 36.2 Å². The molecule has 1 aliphatic rings. The third-order valence-electron chi connectivity index (χ3n) is 3.35. The molecular weight excluding hydrogens is 268 g/mol. The fraction of sp³-hybridized carbons (Fsp3) is 0.733. The average Bonchev–Trinajstić information content (AvgIpc) is 2.61. The van der Waals surface area contributed by atoms with Gasteiger partial charge in [-0.3, -0.25) is 0 Å². The van der Waals surface area contributed by atoms with Crippen LogP contribution in [-0.4, -0.2) is 32.6 Å². The number of aromatic nitrogens is 3. The zero-order valence-electron chi connectivity index (χ0n) is 12.9. The van der Waals surface area contributed by atoms with Crippen LogP contribution in [0.15, 0.2) is 17.3 Å². The van der Waals surface area contributed by atoms with Crippen molar-refractivity contribution in [3.63, 3.8) is 0 Å². The van der Waals surface area contributed by atoms with Crippen molar-refractivity contribution in [3.8, 4) is 0 Å². The molecule has 4 nitrogen and oxygen atoms in total. The van der Waals surface area contributed by atoms with Crippen LogP contribution in [0.2, 0.25) is 0 Å². The Bertz CT molecular complexity index is 459. The first-order chi connectivity index (χ1) is 9.46. The molecule has 0 radical (unpaired) electrons. The van der Waals surface area contributed by atoms with Gasteiger partial charge in [-0.25, -0.2) is 0 Å². The highest BCUT2D eigenvalue weighted by Gasteiger charge is 2.15. The third-order valence-corrected chi connectivity index (χ3v) is 4.46. The summed E-state index contributed by atoms with van der Waals surface area (Å²) in [6, 6.07) is 0. The number of fused-ring (bicyclic) bond motifs is 1. The molecule has 0 atom stereocenters. The van der Waals surface area contributed by atoms with Crippen LogP contribution in [0.25, 0.3) is 0 Å². The maximum Gasteiger partial charge on any atom is 0.191 e. The van der Waals surface area contributed by atoms with E-state index in [0.29, 0.717) is 0 Å². The monoisotopic (exact) mass is 294 g/mol. The molecule has 0 saturated carbocycles. The van der Waals surface area contributed by atoms with Crippen LogP contribution < -0.4 is 5.32 Å². The van der Waals surface area contributed by atoms with E-state index in [1.54, 1.807) is 11.8 Å². The Kier molecular flexibility index (Phi) is 5.27. The lowest BCUT2D eigenvalue weighted by Crippen LogP contribution is -2.37. The van der Waals surface area contributed by atoms with Crippen LogP contribution in [-0.2, 0) is 13.0 Å². The van der Waals surface area contributed by atoms with E-state index in [9.17, 15) is 0 Å². The quantitative estimate of drug-likeness (QED) is 0.669. The Morgan fingerprint density at radius 1 is 1.30 bits per heavy atom. The van der Waals surface area contributed by atoms with Gasteiger partial charge in [0.05, 0.1) is 0 Å². The van der Waals surface area contributed by atoms with Crippen molar-refractivity contribution in [2.75, 3.05) is 12.3 Å². The molecule has 112 valence electrons. The van der Waals surface area contributed by atoms with Crippen LogP contribution in [0.3, 0.4) is 0 Å². The maximum atomic E-state index is 4.33. The van der Waals surface area contributed by atoms with Crippen molar-refractivity contribution in [2.24, 2.45) is 0 Å². The summed E-state index contributed by atoms with van der Waals surface area (Å²) < 4.78 is 2.29. The molecule has 1 aromatic heterocycles. The van der Waals surface area contributed by atoms with Crippen LogP contribution in [0.1, 0.15) is 45.9 Å². The van der Waals surface area contributed by atoms with E-state index in [-0.39, 0.29) is 5.54 Å². The predicted octanol–water partition coefficient (Wildman–Crippen LogP) is 3.04. The summed E-state index contributed by atoms with van der Waals surface area (Å²) >= 11 is 1.76. The van der Waals surface area contributed by atoms with Crippen molar-refractivity contribution in [2.45, 2.75) is 63.7 Å². The Labute approximate surface area is 126 Å². The van der Waals surface area contributed by atoms with E-state index >= 15 is 0 Å². The van der Waals surface area contributed by atoms with Gasteiger partial charge in [-0.05, 0) is 33.6 Å². The minimum Gasteiger partial charge on any atom is -0.308 e. The van der Waals surface area contributed by atoms with Crippen LogP contribution >= 0.6 is 11.8 Å². The topological polar surface area (TPSA) is 42.7 Å². The first-order valence-corrected chi connectivity index (χ1v) is 8.41. The molecule has 2 heterocycles. The van der Waals surface area contributed by atoms with Crippen LogP contribution in [0, 0.1) is 0 Å². The number of hydrogen-bond acceptors (Lipinski definition) is 4. The lowest BCUT2D eigenvalue weighted by molar-refractivity contribution is 0.445. The largest absolute Gasteiger partial charge is 0.308 e. The van der Waals surface area contributed by atoms with Gasteiger partial charge in [0.25, 0.3) is 0 Å². The molecule has 20 heavy (non-hydrogen) atoms. The summed E-state index contributed by atoms with van der Waals surface area (Å²) in [5.74, 6) is 2.06. The van der Waals surface area contributed by atoms with Crippen molar-refractivity contribution >= 4 is 11.8 Å². The summed E-state index contributed by atoms with van der Waals surface area (Å²) in [5.41, 5.74) is 1.34. The second kappa shape index (κ2) is 6.76. The first-order valence-electron chi connectivity index (χ1n) is 7.42. The average molecular weight is 294 g/mol. The van der Waals surface area contributed by atoms with Crippen molar-refractivity contribution in [3.05, 3.63) is 18.0 Å². The second-order valence-corrected chi connectivity index (χ2v) is 7.45. The number of nitrogens with one attached hydrogen (secondary N) is 1. The molecule has 0 bridgehead atoms. The summed E-state index contributed by atoms with van der Waals surface area (Å²) in [6.45, 7) is 12.6. The van der Waals surface area contributed by atoms with Gasteiger partial charge in [0.15, 0.2) is 5.16 Å². The number of thioether (sulfide) groups is 1. The van der Waals surface area contributed by atoms with Crippen LogP contribution in [0.5, 0.6) is 0 Å². The normalized spacial score (nSPS) is 15.8. The van der Waals surface area contributed by atoms with E-state index in [1.165, 1.54) is 24.8 Å². The highest BCUT2D eigenvalue weighted by Crippen LogP contribution is 2.23. The molecule has 0 aromatic carbocycles. The van der Waals surface area contributed by atoms with Gasteiger partial charge in [-0.2, -0.15) is 0 Å². The van der Waals surface area contributed by atoms with Crippen molar-refractivity contribution < 1.29 is 0 Å². The zero-order valence-corrected chi connectivity index (χ0v) is 13.7. The summed E-state index contributed by atoms with van der Waals surface area (Å²) in [5, 5.41) is 13.2. The van der Waals surface area contributed by atoms with Gasteiger partial charge < -0.3 is 9.88 Å². The van der Waals surface area contributed by atoms with Crippen LogP contribution in [0.4, 0.5) is 0 Å². The van der Waals surface area contributed by atoms with E-state index < -0.39 is 0 Å². The van der Waals surface area contributed by atoms with Gasteiger partial charge in [0.2, 0.25) is 0 Å². The van der Waals surface area contributed by atoms with Crippen molar-refractivity contribution in [1.29, 1.82) is 0 Å². The summed E-state index contributed by atoms with van der Waals surface area (Å²) in [6.07, 6.45) is 4.85. The number of nitrogens with zero attached hydrogens (tertiary/aromatic N) is 3. The molecular formula is C15H26N4S. The summed E-state index contributed by atoms with van der Waals surface area (Å²) in [4.78, 5) is 0. The SMILES string of the molecule is C=C(CNC(C)(C)C)CSc1nnc2n1CCCCC2. The molecule has 0 unspecified atom stereocenters. The Morgan fingerprint density at radius 3 is 2.85 bits per heavy atom. The smallest absolute Gasteiger partial charge is 0.191 e. The predicted molar refractivity (Wildman–Crippen MR) is 85.2 cm³/mol. The number of hydrogen-bond donors (Lipinski definition) is 1. The molecule has 0 aliphatic carbocycles. The van der Waals surface area contributed by atoms with Gasteiger partial charge >= 0.3 is 0 Å². The maximum absolute atomic E-state index is 4.33. The first kappa shape index (κ1) is 15.6. The Balaban J connectivity index is 1.85. The molecule has 0 spiro atoms. The lowest BCUT2D eigenvalue weighted by Gasteiger charge is -2.21. The molecule has 0 fully saturated rings. The van der Waals surface area contributed by atoms with Gasteiger partial charge in [0.1, 0.15) is 5.82 Å². The molecule has 1 N–H and O–H groups in total. The molecule has 0 saturated heterocycles. The zero-order chi connectivity index (χ0) is 14.6. The molecule has 1 aliphatic heterocycles. The van der Waals surface area contributed by atoms with E-state index in [2.05, 4.69) is 47.4 Å². The minimum atomic E-state index is 0.138. The highest BCUT2D eigenvalue weighted by atomic mass is 32.2.